The van der Waals surface area contributed by atoms with E-state index in [-0.39, 0.29) is 17.9 Å². The van der Waals surface area contributed by atoms with Gasteiger partial charge in [-0.25, -0.2) is 9.59 Å². The molecule has 1 aliphatic rings. The van der Waals surface area contributed by atoms with Gasteiger partial charge in [-0.15, -0.1) is 16.7 Å². The van der Waals surface area contributed by atoms with Gasteiger partial charge < -0.3 is 19.4 Å². The number of ether oxygens (including phenoxy) is 2. The van der Waals surface area contributed by atoms with Crippen LogP contribution in [-0.2, 0) is 23.9 Å². The predicted octanol–water partition coefficient (Wildman–Crippen LogP) is 0.212. The zero-order valence-corrected chi connectivity index (χ0v) is 12.3. The van der Waals surface area contributed by atoms with Crippen LogP contribution in [0.4, 0.5) is 0 Å². The molecule has 7 nitrogen and oxygen atoms in total. The Morgan fingerprint density at radius 3 is 2.50 bits per heavy atom. The molecule has 114 valence electrons. The average molecular weight is 308 g/mol. The number of nitrogens with zero attached hydrogens (tertiary/aromatic N) is 1. The monoisotopic (exact) mass is 307 g/mol. The van der Waals surface area contributed by atoms with Gasteiger partial charge in [-0.3, -0.25) is 0 Å². The molecule has 0 saturated carbocycles. The third-order valence-electron chi connectivity index (χ3n) is 2.92. The number of rotatable bonds is 6. The molecule has 1 N–H and O–H groups in total. The third kappa shape index (κ3) is 3.41. The van der Waals surface area contributed by atoms with Gasteiger partial charge in [-0.2, -0.15) is 0 Å². The molecule has 20 heavy (non-hydrogen) atoms. The van der Waals surface area contributed by atoms with Crippen molar-refractivity contribution in [3.63, 3.8) is 0 Å². The van der Waals surface area contributed by atoms with Crippen LogP contribution in [0.2, 0.25) is 0 Å². The lowest BCUT2D eigenvalue weighted by Gasteiger charge is -2.23. The fourth-order valence-electron chi connectivity index (χ4n) is 1.98. The molecule has 0 fully saturated rings. The van der Waals surface area contributed by atoms with Crippen LogP contribution in [-0.4, -0.2) is 61.4 Å². The third-order valence-corrected chi connectivity index (χ3v) is 3.38. The van der Waals surface area contributed by atoms with Crippen molar-refractivity contribution in [2.24, 2.45) is 0 Å². The van der Waals surface area contributed by atoms with Crippen LogP contribution in [0.3, 0.4) is 0 Å². The summed E-state index contributed by atoms with van der Waals surface area (Å²) in [6.45, 7) is -0.0123. The summed E-state index contributed by atoms with van der Waals surface area (Å²) in [5.74, 6) is -1.69. The number of alkyl halides is 1. The average Bonchev–Trinajstić information content (AvgIpc) is 2.80. The molecule has 0 aromatic rings. The van der Waals surface area contributed by atoms with Crippen molar-refractivity contribution in [1.82, 2.24) is 5.06 Å². The number of methoxy groups -OCH3 is 2. The number of halogens is 1. The molecule has 0 saturated heterocycles. The Morgan fingerprint density at radius 2 is 2.00 bits per heavy atom. The van der Waals surface area contributed by atoms with Gasteiger partial charge >= 0.3 is 11.9 Å². The molecule has 0 aromatic carbocycles. The lowest BCUT2D eigenvalue weighted by atomic mass is 10.00. The van der Waals surface area contributed by atoms with Gasteiger partial charge in [0.2, 0.25) is 5.76 Å². The van der Waals surface area contributed by atoms with E-state index < -0.39 is 23.4 Å². The Hall–Kier alpha value is -1.31. The molecule has 0 unspecified atom stereocenters. The number of hydrogen-bond donors (Lipinski definition) is 1. The molecule has 1 heterocycles. The van der Waals surface area contributed by atoms with Crippen molar-refractivity contribution in [3.8, 4) is 0 Å². The summed E-state index contributed by atoms with van der Waals surface area (Å²) in [6, 6.07) is -0.648. The Kier molecular flexibility index (Phi) is 6.25. The maximum absolute atomic E-state index is 11.9. The molecule has 1 aliphatic heterocycles. The van der Waals surface area contributed by atoms with Crippen LogP contribution in [0, 0.1) is 0 Å². The van der Waals surface area contributed by atoms with Gasteiger partial charge in [0.05, 0.1) is 25.6 Å². The summed E-state index contributed by atoms with van der Waals surface area (Å²) in [4.78, 5) is 28.8. The van der Waals surface area contributed by atoms with Gasteiger partial charge in [0.25, 0.3) is 0 Å². The second kappa shape index (κ2) is 7.47. The van der Waals surface area contributed by atoms with Crippen LogP contribution in [0.25, 0.3) is 0 Å². The molecular weight excluding hydrogens is 290 g/mol. The number of esters is 2. The van der Waals surface area contributed by atoms with E-state index in [9.17, 15) is 9.59 Å². The Labute approximate surface area is 122 Å². The van der Waals surface area contributed by atoms with E-state index in [1.165, 1.54) is 19.3 Å². The number of aliphatic hydroxyl groups is 1. The predicted molar refractivity (Wildman–Crippen MR) is 69.7 cm³/mol. The molecule has 1 rings (SSSR count). The van der Waals surface area contributed by atoms with Crippen LogP contribution >= 0.6 is 11.6 Å². The zero-order valence-electron chi connectivity index (χ0n) is 11.6. The summed E-state index contributed by atoms with van der Waals surface area (Å²) >= 11 is 6.24. The molecule has 0 aromatic heterocycles. The van der Waals surface area contributed by atoms with Gasteiger partial charge in [0.15, 0.2) is 0 Å². The van der Waals surface area contributed by atoms with Gasteiger partial charge in [-0.05, 0) is 12.8 Å². The minimum Gasteiger partial charge on any atom is -0.466 e. The topological polar surface area (TPSA) is 85.3 Å². The van der Waals surface area contributed by atoms with Crippen LogP contribution in [0.15, 0.2) is 11.3 Å². The molecule has 0 radical (unpaired) electrons. The first-order valence-electron chi connectivity index (χ1n) is 6.04. The zero-order chi connectivity index (χ0) is 15.3. The highest BCUT2D eigenvalue weighted by atomic mass is 35.5. The van der Waals surface area contributed by atoms with Gasteiger partial charge in [0, 0.05) is 13.7 Å². The van der Waals surface area contributed by atoms with Crippen LogP contribution in [0.5, 0.6) is 0 Å². The Bertz CT molecular complexity index is 411. The van der Waals surface area contributed by atoms with E-state index in [1.807, 2.05) is 0 Å². The number of aliphatic hydroxyl groups excluding tert-OH is 1. The van der Waals surface area contributed by atoms with Crippen molar-refractivity contribution in [1.29, 1.82) is 0 Å². The second-order valence-corrected chi connectivity index (χ2v) is 4.75. The molecule has 0 aliphatic carbocycles. The molecular formula is C12H18ClNO6. The van der Waals surface area contributed by atoms with E-state index in [4.69, 9.17) is 21.5 Å². The van der Waals surface area contributed by atoms with Crippen molar-refractivity contribution in [3.05, 3.63) is 11.3 Å². The van der Waals surface area contributed by atoms with Crippen LogP contribution < -0.4 is 0 Å². The number of likely N-dealkylation sites (N-methyl/N-ethyl adjacent to an activating group) is 1. The highest BCUT2D eigenvalue weighted by Gasteiger charge is 2.44. The van der Waals surface area contributed by atoms with Crippen LogP contribution in [0.1, 0.15) is 12.8 Å². The summed E-state index contributed by atoms with van der Waals surface area (Å²) < 4.78 is 9.25. The highest BCUT2D eigenvalue weighted by molar-refractivity contribution is 6.22. The molecule has 2 atom stereocenters. The van der Waals surface area contributed by atoms with E-state index in [0.29, 0.717) is 12.8 Å². The lowest BCUT2D eigenvalue weighted by molar-refractivity contribution is -0.152. The molecule has 0 bridgehead atoms. The summed E-state index contributed by atoms with van der Waals surface area (Å²) in [6.07, 6.45) is 0.923. The summed E-state index contributed by atoms with van der Waals surface area (Å²) in [5, 5.41) is 9.63. The lowest BCUT2D eigenvalue weighted by Crippen LogP contribution is -2.37. The SMILES string of the molecule is COC(=O)C1=C(C(=O)OC)[C@H]([C@@H](Cl)CCCO)N(C)O1. The first-order chi connectivity index (χ1) is 9.47. The van der Waals surface area contributed by atoms with Gasteiger partial charge in [0.1, 0.15) is 5.57 Å². The Balaban J connectivity index is 3.10. The van der Waals surface area contributed by atoms with Gasteiger partial charge in [-0.1, -0.05) is 0 Å². The largest absolute Gasteiger partial charge is 0.466 e. The second-order valence-electron chi connectivity index (χ2n) is 4.19. The molecule has 0 spiro atoms. The van der Waals surface area contributed by atoms with Crippen molar-refractivity contribution >= 4 is 23.5 Å². The minimum absolute atomic E-state index is 0.0123. The van der Waals surface area contributed by atoms with E-state index >= 15 is 0 Å². The number of hydroxylamine groups is 2. The van der Waals surface area contributed by atoms with E-state index in [1.54, 1.807) is 7.05 Å². The fourth-order valence-corrected chi connectivity index (χ4v) is 2.42. The highest BCUT2D eigenvalue weighted by Crippen LogP contribution is 2.32. The number of carbonyl (C=O) groups is 2. The maximum atomic E-state index is 11.9. The number of carbonyl (C=O) groups excluding carboxylic acids is 2. The van der Waals surface area contributed by atoms with E-state index in [0.717, 1.165) is 0 Å². The molecule has 8 heteroatoms. The van der Waals surface area contributed by atoms with Crippen molar-refractivity contribution in [2.75, 3.05) is 27.9 Å². The fraction of sp³-hybridized carbons (Fsp3) is 0.667. The first kappa shape index (κ1) is 16.7. The minimum atomic E-state index is -0.772. The Morgan fingerprint density at radius 1 is 1.40 bits per heavy atom. The maximum Gasteiger partial charge on any atom is 0.376 e. The number of hydrogen-bond acceptors (Lipinski definition) is 7. The normalized spacial score (nSPS) is 20.6. The summed E-state index contributed by atoms with van der Waals surface area (Å²) in [7, 11) is 3.94. The summed E-state index contributed by atoms with van der Waals surface area (Å²) in [5.41, 5.74) is 0.0276. The van der Waals surface area contributed by atoms with E-state index in [2.05, 4.69) is 9.47 Å². The van der Waals surface area contributed by atoms with Crippen molar-refractivity contribution in [2.45, 2.75) is 24.3 Å². The standard InChI is InChI=1S/C12H18ClNO6/c1-14-9(7(13)5-4-6-15)8(11(16)18-2)10(20-14)12(17)19-3/h7,9,15H,4-6H2,1-3H3/t7-,9-/m0/s1. The first-order valence-corrected chi connectivity index (χ1v) is 6.48. The quantitative estimate of drug-likeness (QED) is 0.554. The van der Waals surface area contributed by atoms with Crippen molar-refractivity contribution < 1.29 is 29.0 Å². The smallest absolute Gasteiger partial charge is 0.376 e. The molecule has 0 amide bonds.